The molecular weight excluding hydrogens is 248 g/mol. The van der Waals surface area contributed by atoms with Crippen molar-refractivity contribution < 1.29 is 0 Å². The van der Waals surface area contributed by atoms with Crippen LogP contribution in [0.1, 0.15) is 38.5 Å². The van der Waals surface area contributed by atoms with E-state index < -0.39 is 0 Å². The molecule has 0 amide bonds. The third kappa shape index (κ3) is 5.53. The summed E-state index contributed by atoms with van der Waals surface area (Å²) in [6.07, 6.45) is 9.00. The van der Waals surface area contributed by atoms with Gasteiger partial charge in [0.2, 0.25) is 0 Å². The monoisotopic (exact) mass is 266 g/mol. The number of hydrogen-bond acceptors (Lipinski definition) is 0. The van der Waals surface area contributed by atoms with Crippen LogP contribution in [0.4, 0.5) is 0 Å². The molecule has 0 radical (unpaired) electrons. The van der Waals surface area contributed by atoms with Gasteiger partial charge in [0, 0.05) is 0 Å². The minimum atomic E-state index is 0.243. The van der Waals surface area contributed by atoms with Gasteiger partial charge in [-0.1, -0.05) is 38.5 Å². The molecule has 1 heterocycles. The second kappa shape index (κ2) is 6.95. The number of hydrogen-bond donors (Lipinski definition) is 0. The first kappa shape index (κ1) is 9.36. The van der Waals surface area contributed by atoms with Crippen molar-refractivity contribution in [1.82, 2.24) is 0 Å². The second-order valence-corrected chi connectivity index (χ2v) is 5.24. The molecule has 0 aliphatic heterocycles. The van der Waals surface area contributed by atoms with E-state index in [4.69, 9.17) is 0 Å². The van der Waals surface area contributed by atoms with Crippen LogP contribution < -0.4 is 0 Å². The van der Waals surface area contributed by atoms with E-state index in [-0.39, 0.29) is 20.4 Å². The van der Waals surface area contributed by atoms with Gasteiger partial charge in [-0.15, -0.1) is 0 Å². The van der Waals surface area contributed by atoms with Crippen LogP contribution in [0.5, 0.6) is 0 Å². The molecule has 1 heteroatoms. The van der Waals surface area contributed by atoms with Crippen molar-refractivity contribution >= 4 is 20.4 Å². The summed E-state index contributed by atoms with van der Waals surface area (Å²) in [5.41, 5.74) is 0. The molecule has 1 fully saturated rings. The zero-order chi connectivity index (χ0) is 7.78. The predicted molar refractivity (Wildman–Crippen MR) is 51.1 cm³/mol. The van der Waals surface area contributed by atoms with Crippen LogP contribution >= 0.6 is 0 Å². The Labute approximate surface area is 79.2 Å². The minimum absolute atomic E-state index is 0.243. The zero-order valence-electron chi connectivity index (χ0n) is 6.96. The van der Waals surface area contributed by atoms with E-state index in [2.05, 4.69) is 20.3 Å². The quantitative estimate of drug-likeness (QED) is 0.631. The molecule has 0 atom stereocenters. The molecule has 1 aromatic rings. The van der Waals surface area contributed by atoms with Crippen molar-refractivity contribution in [3.63, 3.8) is 0 Å². The van der Waals surface area contributed by atoms with Gasteiger partial charge >= 0.3 is 40.7 Å². The van der Waals surface area contributed by atoms with Crippen LogP contribution in [0.25, 0.3) is 0 Å². The van der Waals surface area contributed by atoms with E-state index in [1.807, 2.05) is 0 Å². The summed E-state index contributed by atoms with van der Waals surface area (Å²) in [5.74, 6) is 0. The third-order valence-electron chi connectivity index (χ3n) is 1.93. The van der Waals surface area contributed by atoms with Crippen molar-refractivity contribution in [2.75, 3.05) is 0 Å². The summed E-state index contributed by atoms with van der Waals surface area (Å²) in [6.45, 7) is 0. The van der Waals surface area contributed by atoms with Crippen LogP contribution in [-0.2, 0) is 0 Å². The first-order valence-electron chi connectivity index (χ1n) is 4.47. The fraction of sp³-hybridized carbons (Fsp3) is 0.600. The molecule has 1 saturated carbocycles. The Morgan fingerprint density at radius 2 is 1.00 bits per heavy atom. The van der Waals surface area contributed by atoms with Crippen molar-refractivity contribution in [3.8, 4) is 0 Å². The first-order chi connectivity index (χ1) is 5.50. The third-order valence-corrected chi connectivity index (χ3v) is 3.72. The molecule has 0 nitrogen and oxygen atoms in total. The van der Waals surface area contributed by atoms with E-state index >= 15 is 0 Å². The Morgan fingerprint density at radius 3 is 1.18 bits per heavy atom. The Bertz CT molecular complexity index is 111. The van der Waals surface area contributed by atoms with E-state index in [0.717, 1.165) is 0 Å². The van der Waals surface area contributed by atoms with Gasteiger partial charge in [-0.25, -0.2) is 0 Å². The summed E-state index contributed by atoms with van der Waals surface area (Å²) in [4.78, 5) is 0. The van der Waals surface area contributed by atoms with Gasteiger partial charge in [-0.3, -0.25) is 0 Å². The van der Waals surface area contributed by atoms with Crippen molar-refractivity contribution in [2.45, 2.75) is 38.5 Å². The molecule has 11 heavy (non-hydrogen) atoms. The predicted octanol–water partition coefficient (Wildman–Crippen LogP) is 3.08. The average Bonchev–Trinajstić information content (AvgIpc) is 2.64. The van der Waals surface area contributed by atoms with Gasteiger partial charge in [0.05, 0.1) is 0 Å². The standard InChI is InChI=1S/C6H12.C4H4Te/c1-2-4-6-5-3-1;1-2-4-5-3-1/h1-6H2;1-4H. The summed E-state index contributed by atoms with van der Waals surface area (Å²) >= 11 is 0.243. The molecule has 0 saturated heterocycles. The molecule has 1 aliphatic rings. The van der Waals surface area contributed by atoms with Gasteiger partial charge in [0.25, 0.3) is 0 Å². The fourth-order valence-corrected chi connectivity index (χ4v) is 2.58. The first-order valence-corrected chi connectivity index (χ1v) is 7.16. The Kier molecular flexibility index (Phi) is 5.91. The Morgan fingerprint density at radius 1 is 0.636 bits per heavy atom. The normalized spacial score (nSPS) is 16.7. The topological polar surface area (TPSA) is 0 Å². The Hall–Kier alpha value is 0.270. The van der Waals surface area contributed by atoms with Gasteiger partial charge in [0.1, 0.15) is 0 Å². The van der Waals surface area contributed by atoms with E-state index in [0.29, 0.717) is 0 Å². The summed E-state index contributed by atoms with van der Waals surface area (Å²) in [5, 5.41) is 0. The van der Waals surface area contributed by atoms with Crippen molar-refractivity contribution in [3.05, 3.63) is 20.3 Å². The van der Waals surface area contributed by atoms with Crippen LogP contribution in [0.15, 0.2) is 20.3 Å². The van der Waals surface area contributed by atoms with E-state index in [1.165, 1.54) is 38.5 Å². The van der Waals surface area contributed by atoms with Crippen molar-refractivity contribution in [2.24, 2.45) is 0 Å². The summed E-state index contributed by atoms with van der Waals surface area (Å²) in [6, 6.07) is 4.23. The average molecular weight is 264 g/mol. The molecule has 2 rings (SSSR count). The van der Waals surface area contributed by atoms with Gasteiger partial charge < -0.3 is 0 Å². The zero-order valence-corrected chi connectivity index (χ0v) is 9.29. The van der Waals surface area contributed by atoms with Crippen LogP contribution in [-0.4, -0.2) is 20.4 Å². The molecule has 62 valence electrons. The van der Waals surface area contributed by atoms with Gasteiger partial charge in [-0.05, 0) is 0 Å². The van der Waals surface area contributed by atoms with Gasteiger partial charge in [-0.2, -0.15) is 0 Å². The number of rotatable bonds is 0. The molecule has 0 bridgehead atoms. The summed E-state index contributed by atoms with van der Waals surface area (Å²) in [7, 11) is 0. The molecule has 0 N–H and O–H groups in total. The molecule has 0 aromatic carbocycles. The van der Waals surface area contributed by atoms with Crippen LogP contribution in [0.3, 0.4) is 0 Å². The van der Waals surface area contributed by atoms with Crippen molar-refractivity contribution in [1.29, 1.82) is 0 Å². The molecule has 0 unspecified atom stereocenters. The van der Waals surface area contributed by atoms with Crippen LogP contribution in [0, 0.1) is 0 Å². The molecular formula is C10H16Te. The van der Waals surface area contributed by atoms with E-state index in [9.17, 15) is 0 Å². The maximum atomic E-state index is 2.26. The van der Waals surface area contributed by atoms with E-state index in [1.54, 1.807) is 0 Å². The fourth-order valence-electron chi connectivity index (χ4n) is 1.29. The molecule has 1 aromatic heterocycles. The summed E-state index contributed by atoms with van der Waals surface area (Å²) < 4.78 is 4.51. The Balaban J connectivity index is 0.000000112. The SMILES string of the molecule is C1CCCCC1.c1cc[te]c1. The maximum absolute atomic E-state index is 2.26. The van der Waals surface area contributed by atoms with Gasteiger partial charge in [0.15, 0.2) is 0 Å². The van der Waals surface area contributed by atoms with Crippen LogP contribution in [0.2, 0.25) is 0 Å². The molecule has 1 aliphatic carbocycles. The second-order valence-electron chi connectivity index (χ2n) is 2.91. The molecule has 0 spiro atoms.